The van der Waals surface area contributed by atoms with Crippen molar-refractivity contribution >= 4 is 11.8 Å². The van der Waals surface area contributed by atoms with E-state index in [9.17, 15) is 9.59 Å². The van der Waals surface area contributed by atoms with Crippen LogP contribution >= 0.6 is 0 Å². The number of piperidine rings is 1. The first kappa shape index (κ1) is 14.1. The number of likely N-dealkylation sites (tertiary alicyclic amines) is 1. The van der Waals surface area contributed by atoms with Crippen LogP contribution in [0.25, 0.3) is 0 Å². The summed E-state index contributed by atoms with van der Waals surface area (Å²) in [5.41, 5.74) is 0.932. The Kier molecular flexibility index (Phi) is 4.72. The third-order valence-electron chi connectivity index (χ3n) is 3.17. The highest BCUT2D eigenvalue weighted by molar-refractivity contribution is 5.97. The van der Waals surface area contributed by atoms with Crippen LogP contribution in [-0.2, 0) is 16.0 Å². The van der Waals surface area contributed by atoms with Gasteiger partial charge in [0.05, 0.1) is 19.0 Å². The number of carbonyl (C=O) groups is 2. The lowest BCUT2D eigenvalue weighted by atomic mass is 10.1. The van der Waals surface area contributed by atoms with Gasteiger partial charge in [0, 0.05) is 12.8 Å². The molecule has 1 heterocycles. The van der Waals surface area contributed by atoms with Crippen molar-refractivity contribution in [1.29, 1.82) is 5.26 Å². The molecule has 1 aliphatic heterocycles. The second kappa shape index (κ2) is 6.71. The van der Waals surface area contributed by atoms with Crippen molar-refractivity contribution in [2.75, 3.05) is 13.2 Å². The number of nitriles is 1. The Morgan fingerprint density at radius 2 is 1.80 bits per heavy atom. The van der Waals surface area contributed by atoms with Crippen molar-refractivity contribution in [3.05, 3.63) is 29.8 Å². The molecule has 1 aromatic carbocycles. The number of imide groups is 1. The third-order valence-corrected chi connectivity index (χ3v) is 3.17. The first-order chi connectivity index (χ1) is 9.70. The number of hydrogen-bond acceptors (Lipinski definition) is 4. The van der Waals surface area contributed by atoms with Crippen molar-refractivity contribution in [2.24, 2.45) is 0 Å². The zero-order chi connectivity index (χ0) is 14.4. The fourth-order valence-corrected chi connectivity index (χ4v) is 2.10. The Bertz CT molecular complexity index is 515. The third kappa shape index (κ3) is 3.58. The molecule has 5 heteroatoms. The molecule has 0 N–H and O–H groups in total. The van der Waals surface area contributed by atoms with E-state index in [2.05, 4.69) is 6.07 Å². The molecule has 0 atom stereocenters. The molecule has 1 aliphatic rings. The average Bonchev–Trinajstić information content (AvgIpc) is 2.44. The number of amides is 2. The van der Waals surface area contributed by atoms with Gasteiger partial charge in [-0.25, -0.2) is 0 Å². The summed E-state index contributed by atoms with van der Waals surface area (Å²) in [6.45, 7) is 0.576. The summed E-state index contributed by atoms with van der Waals surface area (Å²) in [5, 5.41) is 8.57. The van der Waals surface area contributed by atoms with Gasteiger partial charge in [-0.05, 0) is 24.1 Å². The predicted molar refractivity (Wildman–Crippen MR) is 71.8 cm³/mol. The van der Waals surface area contributed by atoms with Gasteiger partial charge in [-0.15, -0.1) is 0 Å². The SMILES string of the molecule is N#CCc1ccc(OCCN2C(=O)CCCC2=O)cc1. The second-order valence-corrected chi connectivity index (χ2v) is 4.62. The predicted octanol–water partition coefficient (Wildman–Crippen LogP) is 1.67. The summed E-state index contributed by atoms with van der Waals surface area (Å²) >= 11 is 0. The van der Waals surface area contributed by atoms with Crippen molar-refractivity contribution in [3.63, 3.8) is 0 Å². The Balaban J connectivity index is 1.82. The molecular formula is C15H16N2O3. The average molecular weight is 272 g/mol. The minimum Gasteiger partial charge on any atom is -0.492 e. The van der Waals surface area contributed by atoms with Crippen LogP contribution in [0.15, 0.2) is 24.3 Å². The largest absolute Gasteiger partial charge is 0.492 e. The Labute approximate surface area is 117 Å². The van der Waals surface area contributed by atoms with Gasteiger partial charge in [0.15, 0.2) is 0 Å². The summed E-state index contributed by atoms with van der Waals surface area (Å²) < 4.78 is 5.51. The van der Waals surface area contributed by atoms with Crippen molar-refractivity contribution in [1.82, 2.24) is 4.90 Å². The Morgan fingerprint density at radius 3 is 2.40 bits per heavy atom. The topological polar surface area (TPSA) is 70.4 Å². The molecule has 0 spiro atoms. The molecule has 0 saturated carbocycles. The van der Waals surface area contributed by atoms with Crippen molar-refractivity contribution in [2.45, 2.75) is 25.7 Å². The van der Waals surface area contributed by atoms with Gasteiger partial charge in [0.1, 0.15) is 12.4 Å². The van der Waals surface area contributed by atoms with E-state index < -0.39 is 0 Å². The molecule has 1 aromatic rings. The van der Waals surface area contributed by atoms with E-state index in [-0.39, 0.29) is 25.0 Å². The summed E-state index contributed by atoms with van der Waals surface area (Å²) in [6.07, 6.45) is 1.90. The van der Waals surface area contributed by atoms with Crippen LogP contribution in [0.3, 0.4) is 0 Å². The molecule has 20 heavy (non-hydrogen) atoms. The lowest BCUT2D eigenvalue weighted by Gasteiger charge is -2.24. The van der Waals surface area contributed by atoms with Gasteiger partial charge in [0.25, 0.3) is 0 Å². The highest BCUT2D eigenvalue weighted by Crippen LogP contribution is 2.14. The van der Waals surface area contributed by atoms with E-state index >= 15 is 0 Å². The number of rotatable bonds is 5. The fourth-order valence-electron chi connectivity index (χ4n) is 2.10. The lowest BCUT2D eigenvalue weighted by molar-refractivity contribution is -0.148. The molecule has 0 unspecified atom stereocenters. The van der Waals surface area contributed by atoms with Crippen molar-refractivity contribution < 1.29 is 14.3 Å². The van der Waals surface area contributed by atoms with Gasteiger partial charge in [-0.2, -0.15) is 5.26 Å². The van der Waals surface area contributed by atoms with Crippen LogP contribution in [0.2, 0.25) is 0 Å². The quantitative estimate of drug-likeness (QED) is 0.764. The maximum atomic E-state index is 11.6. The van der Waals surface area contributed by atoms with Gasteiger partial charge >= 0.3 is 0 Å². The highest BCUT2D eigenvalue weighted by atomic mass is 16.5. The highest BCUT2D eigenvalue weighted by Gasteiger charge is 2.25. The monoisotopic (exact) mass is 272 g/mol. The zero-order valence-corrected chi connectivity index (χ0v) is 11.2. The zero-order valence-electron chi connectivity index (χ0n) is 11.2. The van der Waals surface area contributed by atoms with Crippen LogP contribution in [0.1, 0.15) is 24.8 Å². The molecule has 104 valence electrons. The van der Waals surface area contributed by atoms with E-state index in [4.69, 9.17) is 10.00 Å². The van der Waals surface area contributed by atoms with Crippen LogP contribution in [0.4, 0.5) is 0 Å². The summed E-state index contributed by atoms with van der Waals surface area (Å²) in [5.74, 6) is 0.437. The summed E-state index contributed by atoms with van der Waals surface area (Å²) in [6, 6.07) is 9.30. The van der Waals surface area contributed by atoms with Crippen LogP contribution < -0.4 is 4.74 Å². The maximum Gasteiger partial charge on any atom is 0.229 e. The van der Waals surface area contributed by atoms with E-state index in [0.717, 1.165) is 5.56 Å². The Hall–Kier alpha value is -2.35. The number of hydrogen-bond donors (Lipinski definition) is 0. The summed E-state index contributed by atoms with van der Waals surface area (Å²) in [7, 11) is 0. The molecule has 1 saturated heterocycles. The molecule has 1 fully saturated rings. The molecule has 0 aromatic heterocycles. The number of nitrogens with zero attached hydrogens (tertiary/aromatic N) is 2. The normalized spacial score (nSPS) is 15.1. The van der Waals surface area contributed by atoms with E-state index in [1.165, 1.54) is 4.90 Å². The first-order valence-corrected chi connectivity index (χ1v) is 6.62. The van der Waals surface area contributed by atoms with Crippen LogP contribution in [-0.4, -0.2) is 29.9 Å². The van der Waals surface area contributed by atoms with Gasteiger partial charge in [-0.3, -0.25) is 14.5 Å². The molecule has 5 nitrogen and oxygen atoms in total. The minimum absolute atomic E-state index is 0.116. The van der Waals surface area contributed by atoms with Gasteiger partial charge in [0.2, 0.25) is 11.8 Å². The molecule has 2 amide bonds. The fraction of sp³-hybridized carbons (Fsp3) is 0.400. The number of carbonyl (C=O) groups excluding carboxylic acids is 2. The van der Waals surface area contributed by atoms with Crippen molar-refractivity contribution in [3.8, 4) is 11.8 Å². The molecular weight excluding hydrogens is 256 g/mol. The smallest absolute Gasteiger partial charge is 0.229 e. The van der Waals surface area contributed by atoms with Crippen LogP contribution in [0.5, 0.6) is 5.75 Å². The number of ether oxygens (including phenoxy) is 1. The molecule has 0 aliphatic carbocycles. The number of benzene rings is 1. The molecule has 2 rings (SSSR count). The molecule has 0 radical (unpaired) electrons. The maximum absolute atomic E-state index is 11.6. The van der Waals surface area contributed by atoms with E-state index in [0.29, 0.717) is 31.4 Å². The van der Waals surface area contributed by atoms with Crippen LogP contribution in [0, 0.1) is 11.3 Å². The lowest BCUT2D eigenvalue weighted by Crippen LogP contribution is -2.42. The minimum atomic E-state index is -0.116. The summed E-state index contributed by atoms with van der Waals surface area (Å²) in [4.78, 5) is 24.4. The molecule has 0 bridgehead atoms. The Morgan fingerprint density at radius 1 is 1.15 bits per heavy atom. The van der Waals surface area contributed by atoms with E-state index in [1.807, 2.05) is 12.1 Å². The first-order valence-electron chi connectivity index (χ1n) is 6.62. The van der Waals surface area contributed by atoms with E-state index in [1.54, 1.807) is 12.1 Å². The standard InChI is InChI=1S/C15H16N2O3/c16-9-8-12-4-6-13(7-5-12)20-11-10-17-14(18)2-1-3-15(17)19/h4-7H,1-3,8,10-11H2. The van der Waals surface area contributed by atoms with Gasteiger partial charge < -0.3 is 4.74 Å². The second-order valence-electron chi connectivity index (χ2n) is 4.62. The van der Waals surface area contributed by atoms with Gasteiger partial charge in [-0.1, -0.05) is 12.1 Å².